The van der Waals surface area contributed by atoms with Gasteiger partial charge in [-0.15, -0.1) is 0 Å². The first-order chi connectivity index (χ1) is 12.5. The van der Waals surface area contributed by atoms with Crippen LogP contribution in [0, 0.1) is 0 Å². The zero-order chi connectivity index (χ0) is 18.9. The van der Waals surface area contributed by atoms with Crippen LogP contribution in [0.15, 0.2) is 18.0 Å². The van der Waals surface area contributed by atoms with Crippen LogP contribution in [0.1, 0.15) is 23.8 Å². The average molecular weight is 379 g/mol. The van der Waals surface area contributed by atoms with Crippen LogP contribution in [-0.2, 0) is 4.74 Å². The second-order valence-electron chi connectivity index (χ2n) is 5.84. The molecule has 1 aliphatic rings. The molecule has 1 fully saturated rings. The summed E-state index contributed by atoms with van der Waals surface area (Å²) in [6.07, 6.45) is 4.04. The summed E-state index contributed by atoms with van der Waals surface area (Å²) in [6, 6.07) is 0. The van der Waals surface area contributed by atoms with E-state index in [0.717, 1.165) is 26.1 Å². The monoisotopic (exact) mass is 379 g/mol. The van der Waals surface area contributed by atoms with Crippen molar-refractivity contribution in [2.24, 2.45) is 11.5 Å². The molecule has 1 saturated heterocycles. The highest BCUT2D eigenvalue weighted by Crippen LogP contribution is 2.14. The number of ether oxygens (including phenoxy) is 1. The zero-order valence-corrected chi connectivity index (χ0v) is 15.6. The van der Waals surface area contributed by atoms with Crippen molar-refractivity contribution in [1.29, 1.82) is 0 Å². The number of anilines is 2. The van der Waals surface area contributed by atoms with Gasteiger partial charge in [0.1, 0.15) is 10.8 Å². The van der Waals surface area contributed by atoms with Gasteiger partial charge in [-0.1, -0.05) is 19.1 Å². The Morgan fingerprint density at radius 1 is 1.42 bits per heavy atom. The Kier molecular flexibility index (Phi) is 7.70. The molecule has 6 N–H and O–H groups in total. The Labute approximate surface area is 158 Å². The highest BCUT2D eigenvalue weighted by molar-refractivity contribution is 7.81. The number of nitrogens with zero attached hydrogens (tertiary/aromatic N) is 3. The van der Waals surface area contributed by atoms with Gasteiger partial charge < -0.3 is 26.8 Å². The van der Waals surface area contributed by atoms with Crippen molar-refractivity contribution in [2.75, 3.05) is 50.0 Å². The molecule has 0 unspecified atom stereocenters. The number of carbonyl (C=O) groups excluding carboxylic acids is 1. The van der Waals surface area contributed by atoms with Gasteiger partial charge in [-0.05, 0) is 12.5 Å². The minimum absolute atomic E-state index is 0.0227. The number of rotatable bonds is 8. The number of nitrogens with one attached hydrogen (secondary N) is 2. The van der Waals surface area contributed by atoms with Gasteiger partial charge in [-0.25, -0.2) is 9.97 Å². The average Bonchev–Trinajstić information content (AvgIpc) is 2.60. The number of thiocarbonyl (C=S) groups is 1. The topological polar surface area (TPSA) is 131 Å². The van der Waals surface area contributed by atoms with Crippen LogP contribution in [0.4, 0.5) is 11.6 Å². The minimum atomic E-state index is -0.685. The van der Waals surface area contributed by atoms with E-state index in [2.05, 4.69) is 25.5 Å². The molecular weight excluding hydrogens is 354 g/mol. The lowest BCUT2D eigenvalue weighted by atomic mass is 10.3. The van der Waals surface area contributed by atoms with Crippen LogP contribution in [0.2, 0.25) is 0 Å². The SMILES string of the molecule is CCCNc1cnc(C(N)=O)c(NC(=S)/C=C(\N)CN2CCOCC2)n1. The molecule has 0 saturated carbocycles. The van der Waals surface area contributed by atoms with Gasteiger partial charge in [0, 0.05) is 31.9 Å². The van der Waals surface area contributed by atoms with E-state index in [1.54, 1.807) is 6.08 Å². The van der Waals surface area contributed by atoms with E-state index >= 15 is 0 Å². The van der Waals surface area contributed by atoms with Crippen molar-refractivity contribution in [2.45, 2.75) is 13.3 Å². The van der Waals surface area contributed by atoms with Crippen molar-refractivity contribution >= 4 is 34.7 Å². The smallest absolute Gasteiger partial charge is 0.271 e. The fourth-order valence-electron chi connectivity index (χ4n) is 2.38. The highest BCUT2D eigenvalue weighted by Gasteiger charge is 2.14. The molecule has 26 heavy (non-hydrogen) atoms. The van der Waals surface area contributed by atoms with E-state index in [9.17, 15) is 4.79 Å². The van der Waals surface area contributed by atoms with Gasteiger partial charge in [0.2, 0.25) is 0 Å². The number of hydrogen-bond acceptors (Lipinski definition) is 8. The van der Waals surface area contributed by atoms with Gasteiger partial charge >= 0.3 is 0 Å². The standard InChI is InChI=1S/C16H25N7O2S/c1-2-3-19-12-9-20-14(15(18)24)16(21-12)22-13(26)8-11(17)10-23-4-6-25-7-5-23/h8-9H,2-7,10,17H2,1H3,(H2,18,24)(H2,19,21,22,26)/b11-8-. The van der Waals surface area contributed by atoms with Gasteiger partial charge in [-0.2, -0.15) is 0 Å². The summed E-state index contributed by atoms with van der Waals surface area (Å²) in [5, 5.41) is 6.00. The van der Waals surface area contributed by atoms with Crippen LogP contribution in [0.5, 0.6) is 0 Å². The Balaban J connectivity index is 2.05. The van der Waals surface area contributed by atoms with Crippen LogP contribution in [0.25, 0.3) is 0 Å². The third kappa shape index (κ3) is 6.21. The highest BCUT2D eigenvalue weighted by atomic mass is 32.1. The fraction of sp³-hybridized carbons (Fsp3) is 0.500. The summed E-state index contributed by atoms with van der Waals surface area (Å²) in [7, 11) is 0. The Hall–Kier alpha value is -2.30. The van der Waals surface area contributed by atoms with Crippen LogP contribution in [0.3, 0.4) is 0 Å². The number of hydrogen-bond donors (Lipinski definition) is 4. The summed E-state index contributed by atoms with van der Waals surface area (Å²) in [4.78, 5) is 22.5. The normalized spacial score (nSPS) is 15.5. The molecule has 0 atom stereocenters. The number of morpholine rings is 1. The predicted octanol–water partition coefficient (Wildman–Crippen LogP) is 0.312. The lowest BCUT2D eigenvalue weighted by Crippen LogP contribution is -2.38. The molecule has 0 spiro atoms. The Morgan fingerprint density at radius 2 is 2.15 bits per heavy atom. The zero-order valence-electron chi connectivity index (χ0n) is 14.8. The summed E-state index contributed by atoms with van der Waals surface area (Å²) in [6.45, 7) is 6.43. The first-order valence-corrected chi connectivity index (χ1v) is 8.88. The third-order valence-electron chi connectivity index (χ3n) is 3.63. The lowest BCUT2D eigenvalue weighted by Gasteiger charge is -2.26. The molecule has 0 aliphatic carbocycles. The van der Waals surface area contributed by atoms with Crippen molar-refractivity contribution in [1.82, 2.24) is 14.9 Å². The van der Waals surface area contributed by atoms with Gasteiger partial charge in [-0.3, -0.25) is 9.69 Å². The van der Waals surface area contributed by atoms with Crippen molar-refractivity contribution in [3.63, 3.8) is 0 Å². The van der Waals surface area contributed by atoms with E-state index in [4.69, 9.17) is 28.4 Å². The quantitative estimate of drug-likeness (QED) is 0.372. The number of amides is 1. The maximum absolute atomic E-state index is 11.6. The van der Waals surface area contributed by atoms with Crippen LogP contribution >= 0.6 is 12.2 Å². The van der Waals surface area contributed by atoms with Crippen molar-refractivity contribution < 1.29 is 9.53 Å². The van der Waals surface area contributed by atoms with Gasteiger partial charge in [0.15, 0.2) is 11.5 Å². The van der Waals surface area contributed by atoms with Crippen molar-refractivity contribution in [3.05, 3.63) is 23.7 Å². The summed E-state index contributed by atoms with van der Waals surface area (Å²) in [5.41, 5.74) is 12.1. The number of nitrogens with two attached hydrogens (primary N) is 2. The first-order valence-electron chi connectivity index (χ1n) is 8.47. The molecule has 0 aromatic carbocycles. The maximum atomic E-state index is 11.6. The van der Waals surface area contributed by atoms with E-state index in [1.807, 2.05) is 6.92 Å². The van der Waals surface area contributed by atoms with E-state index in [-0.39, 0.29) is 11.5 Å². The minimum Gasteiger partial charge on any atom is -0.401 e. The molecule has 0 bridgehead atoms. The Morgan fingerprint density at radius 3 is 2.81 bits per heavy atom. The first kappa shape index (κ1) is 20.0. The largest absolute Gasteiger partial charge is 0.401 e. The lowest BCUT2D eigenvalue weighted by molar-refractivity contribution is 0.0421. The molecule has 142 valence electrons. The molecule has 10 heteroatoms. The third-order valence-corrected chi connectivity index (χ3v) is 3.85. The molecule has 2 rings (SSSR count). The fourth-order valence-corrected chi connectivity index (χ4v) is 2.63. The van der Waals surface area contributed by atoms with Crippen molar-refractivity contribution in [3.8, 4) is 0 Å². The second-order valence-corrected chi connectivity index (χ2v) is 6.28. The van der Waals surface area contributed by atoms with Crippen LogP contribution in [-0.4, -0.2) is 65.2 Å². The van der Waals surface area contributed by atoms with Gasteiger partial charge in [0.25, 0.3) is 5.91 Å². The molecule has 9 nitrogen and oxygen atoms in total. The molecule has 1 aromatic heterocycles. The molecular formula is C16H25N7O2S. The number of carbonyl (C=O) groups is 1. The summed E-state index contributed by atoms with van der Waals surface area (Å²) in [5.74, 6) is 0.0570. The summed E-state index contributed by atoms with van der Waals surface area (Å²) < 4.78 is 5.31. The molecule has 1 aromatic rings. The van der Waals surface area contributed by atoms with Gasteiger partial charge in [0.05, 0.1) is 19.4 Å². The van der Waals surface area contributed by atoms with E-state index in [1.165, 1.54) is 6.20 Å². The molecule has 2 heterocycles. The molecule has 0 radical (unpaired) electrons. The van der Waals surface area contributed by atoms with E-state index < -0.39 is 5.91 Å². The molecule has 1 aliphatic heterocycles. The predicted molar refractivity (Wildman–Crippen MR) is 105 cm³/mol. The Bertz CT molecular complexity index is 675. The number of primary amides is 1. The number of aromatic nitrogens is 2. The maximum Gasteiger partial charge on any atom is 0.271 e. The van der Waals surface area contributed by atoms with Crippen LogP contribution < -0.4 is 22.1 Å². The summed E-state index contributed by atoms with van der Waals surface area (Å²) >= 11 is 5.31. The van der Waals surface area contributed by atoms with E-state index in [0.29, 0.717) is 36.3 Å². The molecule has 1 amide bonds. The second kappa shape index (κ2) is 10.00.